The van der Waals surface area contributed by atoms with Gasteiger partial charge in [0.05, 0.1) is 0 Å². The molecule has 0 fully saturated rings. The Bertz CT molecular complexity index is 19.5. The van der Waals surface area contributed by atoms with Crippen molar-refractivity contribution < 1.29 is 0 Å². The zero-order valence-corrected chi connectivity index (χ0v) is 8.25. The third-order valence-electron chi connectivity index (χ3n) is 0.625. The van der Waals surface area contributed by atoms with E-state index in [9.17, 15) is 0 Å². The van der Waals surface area contributed by atoms with E-state index in [1.54, 1.807) is 0 Å². The van der Waals surface area contributed by atoms with Crippen LogP contribution >= 0.6 is 20.2 Å². The molecule has 0 heterocycles. The van der Waals surface area contributed by atoms with E-state index in [1.165, 1.54) is 18.1 Å². The van der Waals surface area contributed by atoms with Gasteiger partial charge in [-0.15, -0.1) is 0 Å². The number of rotatable bonds is 3. The zero-order valence-electron chi connectivity index (χ0n) is 4.00. The molecule has 36 valence electrons. The van der Waals surface area contributed by atoms with Crippen molar-refractivity contribution in [1.82, 2.24) is 0 Å². The number of unbranched alkanes of at least 4 members (excludes halogenated alkanes) is 1. The van der Waals surface area contributed by atoms with Gasteiger partial charge in [-0.25, -0.2) is 0 Å². The van der Waals surface area contributed by atoms with Crippen molar-refractivity contribution in [2.24, 2.45) is 0 Å². The van der Waals surface area contributed by atoms with Crippen molar-refractivity contribution in [1.29, 1.82) is 0 Å². The molecular weight excluding hydrogens is 248 g/mol. The second-order valence-electron chi connectivity index (χ2n) is 1.24. The van der Waals surface area contributed by atoms with Crippen LogP contribution < -0.4 is 0 Å². The van der Waals surface area contributed by atoms with E-state index in [1.807, 2.05) is 0 Å². The number of hydrogen-bond donors (Lipinski definition) is 0. The second kappa shape index (κ2) is 6.27. The van der Waals surface area contributed by atoms with Crippen LogP contribution in [0.5, 0.6) is 0 Å². The first-order valence-corrected chi connectivity index (χ1v) is 10.1. The molecule has 0 unspecified atom stereocenters. The molecule has 0 atom stereocenters. The van der Waals surface area contributed by atoms with Crippen LogP contribution in [-0.2, 0) is 0 Å². The van der Waals surface area contributed by atoms with Crippen molar-refractivity contribution >= 4 is 32.3 Å². The molecular formula is C4H9GeI. The Morgan fingerprint density at radius 3 is 2.50 bits per heavy atom. The van der Waals surface area contributed by atoms with Gasteiger partial charge in [0, 0.05) is 0 Å². The average Bonchev–Trinajstić information content (AvgIpc) is 1.61. The third-order valence-corrected chi connectivity index (χ3v) is 4.57. The minimum atomic E-state index is 0.468. The van der Waals surface area contributed by atoms with Crippen molar-refractivity contribution in [3.05, 3.63) is 0 Å². The molecule has 6 heavy (non-hydrogen) atoms. The standard InChI is InChI=1S/C4H9GeI/c1-2-3-4-5-6/h2-4H2,1H3. The van der Waals surface area contributed by atoms with Crippen LogP contribution in [0.4, 0.5) is 0 Å². The molecule has 2 radical (unpaired) electrons. The number of hydrogen-bond acceptors (Lipinski definition) is 0. The van der Waals surface area contributed by atoms with E-state index >= 15 is 0 Å². The van der Waals surface area contributed by atoms with Crippen molar-refractivity contribution in [3.8, 4) is 0 Å². The van der Waals surface area contributed by atoms with Gasteiger partial charge in [-0.1, -0.05) is 0 Å². The molecule has 0 spiro atoms. The van der Waals surface area contributed by atoms with Crippen molar-refractivity contribution in [2.45, 2.75) is 25.0 Å². The maximum atomic E-state index is 2.54. The summed E-state index contributed by atoms with van der Waals surface area (Å²) in [5.41, 5.74) is 0. The van der Waals surface area contributed by atoms with E-state index in [2.05, 4.69) is 27.1 Å². The molecule has 0 nitrogen and oxygen atoms in total. The Hall–Kier alpha value is 1.27. The summed E-state index contributed by atoms with van der Waals surface area (Å²) < 4.78 is 0. The van der Waals surface area contributed by atoms with Crippen LogP contribution in [0.2, 0.25) is 5.25 Å². The Balaban J connectivity index is 2.34. The summed E-state index contributed by atoms with van der Waals surface area (Å²) in [5, 5.41) is 1.52. The predicted octanol–water partition coefficient (Wildman–Crippen LogP) is 2.26. The molecule has 0 aliphatic rings. The monoisotopic (exact) mass is 258 g/mol. The van der Waals surface area contributed by atoms with Gasteiger partial charge in [-0.2, -0.15) is 0 Å². The first-order valence-electron chi connectivity index (χ1n) is 2.25. The topological polar surface area (TPSA) is 0 Å². The normalized spacial score (nSPS) is 9.00. The summed E-state index contributed by atoms with van der Waals surface area (Å²) in [7, 11) is 0. The zero-order chi connectivity index (χ0) is 4.83. The molecule has 0 N–H and O–H groups in total. The summed E-state index contributed by atoms with van der Waals surface area (Å²) in [5.74, 6) is 0. The van der Waals surface area contributed by atoms with Gasteiger partial charge in [0.25, 0.3) is 0 Å². The summed E-state index contributed by atoms with van der Waals surface area (Å²) >= 11 is 3.00. The Labute approximate surface area is 57.2 Å². The summed E-state index contributed by atoms with van der Waals surface area (Å²) in [6, 6.07) is 0. The van der Waals surface area contributed by atoms with Gasteiger partial charge in [0.15, 0.2) is 0 Å². The van der Waals surface area contributed by atoms with Crippen molar-refractivity contribution in [2.75, 3.05) is 0 Å². The summed E-state index contributed by atoms with van der Waals surface area (Å²) in [6.45, 7) is 2.25. The number of halogens is 1. The van der Waals surface area contributed by atoms with Gasteiger partial charge in [-0.05, 0) is 0 Å². The fourth-order valence-corrected chi connectivity index (χ4v) is 3.25. The van der Waals surface area contributed by atoms with Crippen LogP contribution in [0, 0.1) is 0 Å². The van der Waals surface area contributed by atoms with E-state index in [-0.39, 0.29) is 0 Å². The third kappa shape index (κ3) is 5.27. The average molecular weight is 257 g/mol. The molecule has 0 rings (SSSR count). The van der Waals surface area contributed by atoms with Crippen LogP contribution in [-0.4, -0.2) is 12.1 Å². The second-order valence-corrected chi connectivity index (χ2v) is 6.81. The van der Waals surface area contributed by atoms with Gasteiger partial charge in [0.1, 0.15) is 0 Å². The fourth-order valence-electron chi connectivity index (χ4n) is 0.244. The Morgan fingerprint density at radius 1 is 1.67 bits per heavy atom. The van der Waals surface area contributed by atoms with Gasteiger partial charge < -0.3 is 0 Å². The van der Waals surface area contributed by atoms with E-state index in [4.69, 9.17) is 0 Å². The molecule has 0 aliphatic carbocycles. The van der Waals surface area contributed by atoms with Crippen LogP contribution in [0.25, 0.3) is 0 Å². The Morgan fingerprint density at radius 2 is 2.33 bits per heavy atom. The van der Waals surface area contributed by atoms with Gasteiger partial charge in [0.2, 0.25) is 0 Å². The molecule has 0 bridgehead atoms. The van der Waals surface area contributed by atoms with E-state index < -0.39 is 0 Å². The predicted molar refractivity (Wildman–Crippen MR) is 39.5 cm³/mol. The van der Waals surface area contributed by atoms with Crippen LogP contribution in [0.1, 0.15) is 19.8 Å². The molecule has 0 saturated heterocycles. The van der Waals surface area contributed by atoms with Gasteiger partial charge >= 0.3 is 57.4 Å². The minimum absolute atomic E-state index is 0.468. The first-order chi connectivity index (χ1) is 2.91. The van der Waals surface area contributed by atoms with Gasteiger partial charge in [-0.3, -0.25) is 0 Å². The molecule has 0 amide bonds. The molecule has 0 aromatic rings. The summed E-state index contributed by atoms with van der Waals surface area (Å²) in [4.78, 5) is 0. The molecule has 0 aromatic carbocycles. The van der Waals surface area contributed by atoms with E-state index in [0.29, 0.717) is 12.1 Å². The molecule has 0 aliphatic heterocycles. The SMILES string of the molecule is CCC[CH2][Ge][I]. The molecule has 0 saturated carbocycles. The molecule has 0 aromatic heterocycles. The maximum absolute atomic E-state index is 2.54. The molecule has 2 heteroatoms. The first kappa shape index (κ1) is 7.27. The van der Waals surface area contributed by atoms with Crippen LogP contribution in [0.3, 0.4) is 0 Å². The quantitative estimate of drug-likeness (QED) is 0.413. The van der Waals surface area contributed by atoms with Crippen molar-refractivity contribution in [3.63, 3.8) is 0 Å². The fraction of sp³-hybridized carbons (Fsp3) is 1.00. The van der Waals surface area contributed by atoms with Crippen LogP contribution in [0.15, 0.2) is 0 Å². The van der Waals surface area contributed by atoms with E-state index in [0.717, 1.165) is 0 Å². The summed E-state index contributed by atoms with van der Waals surface area (Å²) in [6.07, 6.45) is 2.84. The Kier molecular flexibility index (Phi) is 7.60.